The highest BCUT2D eigenvalue weighted by Crippen LogP contribution is 2.31. The number of amides is 3. The number of hydrogen-bond acceptors (Lipinski definition) is 5. The minimum atomic E-state index is -1.71. The number of rotatable bonds is 3. The summed E-state index contributed by atoms with van der Waals surface area (Å²) in [6, 6.07) is 1.97. The van der Waals surface area contributed by atoms with Gasteiger partial charge in [-0.3, -0.25) is 9.69 Å². The third-order valence-corrected chi connectivity index (χ3v) is 3.61. The lowest BCUT2D eigenvalue weighted by Crippen LogP contribution is -2.41. The second-order valence-corrected chi connectivity index (χ2v) is 5.31. The number of aryl methyl sites for hydroxylation is 1. The van der Waals surface area contributed by atoms with Crippen LogP contribution in [0.25, 0.3) is 0 Å². The van der Waals surface area contributed by atoms with E-state index in [1.54, 1.807) is 6.92 Å². The predicted octanol–water partition coefficient (Wildman–Crippen LogP) is 1.62. The summed E-state index contributed by atoms with van der Waals surface area (Å²) in [6.07, 6.45) is 0. The van der Waals surface area contributed by atoms with Crippen molar-refractivity contribution in [1.29, 1.82) is 0 Å². The van der Waals surface area contributed by atoms with Gasteiger partial charge in [0.2, 0.25) is 5.89 Å². The number of aromatic nitrogens is 2. The molecule has 9 heteroatoms. The Morgan fingerprint density at radius 2 is 2.09 bits per heavy atom. The second-order valence-electron chi connectivity index (χ2n) is 5.31. The van der Waals surface area contributed by atoms with E-state index < -0.39 is 29.1 Å². The van der Waals surface area contributed by atoms with E-state index in [0.717, 1.165) is 23.1 Å². The zero-order chi connectivity index (χ0) is 16.8. The van der Waals surface area contributed by atoms with E-state index >= 15 is 0 Å². The van der Waals surface area contributed by atoms with E-state index in [-0.39, 0.29) is 18.0 Å². The van der Waals surface area contributed by atoms with E-state index in [9.17, 15) is 18.4 Å². The standard InChI is InChI=1S/C14H12F2N4O3/c1-7-17-11(23-19-7)6-20-12(21)14(2,18-13(20)22)9-5-8(15)3-4-10(9)16/h3-5H,6H2,1-2H3,(H,18,22). The zero-order valence-corrected chi connectivity index (χ0v) is 12.3. The van der Waals surface area contributed by atoms with Crippen LogP contribution >= 0.6 is 0 Å². The average Bonchev–Trinajstić information content (AvgIpc) is 2.99. The first-order chi connectivity index (χ1) is 10.8. The van der Waals surface area contributed by atoms with Gasteiger partial charge < -0.3 is 9.84 Å². The van der Waals surface area contributed by atoms with Crippen LogP contribution in [0.2, 0.25) is 0 Å². The molecule has 1 aliphatic rings. The highest BCUT2D eigenvalue weighted by Gasteiger charge is 2.50. The Morgan fingerprint density at radius 1 is 1.35 bits per heavy atom. The van der Waals surface area contributed by atoms with E-state index in [0.29, 0.717) is 5.82 Å². The van der Waals surface area contributed by atoms with Gasteiger partial charge in [-0.2, -0.15) is 4.98 Å². The van der Waals surface area contributed by atoms with Crippen molar-refractivity contribution in [2.75, 3.05) is 0 Å². The quantitative estimate of drug-likeness (QED) is 0.868. The van der Waals surface area contributed by atoms with E-state index in [1.807, 2.05) is 0 Å². The van der Waals surface area contributed by atoms with E-state index in [2.05, 4.69) is 15.5 Å². The highest BCUT2D eigenvalue weighted by atomic mass is 19.1. The molecule has 0 aliphatic carbocycles. The van der Waals surface area contributed by atoms with Crippen LogP contribution in [-0.4, -0.2) is 27.0 Å². The maximum Gasteiger partial charge on any atom is 0.325 e. The number of urea groups is 1. The molecule has 120 valence electrons. The monoisotopic (exact) mass is 322 g/mol. The maximum atomic E-state index is 14.0. The fraction of sp³-hybridized carbons (Fsp3) is 0.286. The molecule has 1 aromatic carbocycles. The van der Waals surface area contributed by atoms with Crippen LogP contribution in [0.15, 0.2) is 22.7 Å². The SMILES string of the molecule is Cc1noc(CN2C(=O)NC(C)(c3cc(F)ccc3F)C2=O)n1. The van der Waals surface area contributed by atoms with Crippen molar-refractivity contribution in [3.8, 4) is 0 Å². The number of nitrogens with zero attached hydrogens (tertiary/aromatic N) is 3. The van der Waals surface area contributed by atoms with Gasteiger partial charge in [0, 0.05) is 5.56 Å². The van der Waals surface area contributed by atoms with Gasteiger partial charge in [-0.05, 0) is 32.0 Å². The van der Waals surface area contributed by atoms with Crippen LogP contribution in [0.4, 0.5) is 13.6 Å². The molecular formula is C14H12F2N4O3. The molecule has 1 unspecified atom stereocenters. The van der Waals surface area contributed by atoms with Crippen LogP contribution in [0, 0.1) is 18.6 Å². The van der Waals surface area contributed by atoms with Crippen LogP contribution in [0.1, 0.15) is 24.2 Å². The largest absolute Gasteiger partial charge is 0.337 e. The molecule has 2 aromatic rings. The normalized spacial score (nSPS) is 21.0. The summed E-state index contributed by atoms with van der Waals surface area (Å²) in [5, 5.41) is 5.95. The van der Waals surface area contributed by atoms with Crippen LogP contribution in [-0.2, 0) is 16.9 Å². The minimum absolute atomic E-state index is 0.0648. The van der Waals surface area contributed by atoms with Gasteiger partial charge >= 0.3 is 6.03 Å². The first kappa shape index (κ1) is 15.1. The third kappa shape index (κ3) is 2.43. The van der Waals surface area contributed by atoms with Crippen LogP contribution in [0.5, 0.6) is 0 Å². The van der Waals surface area contributed by atoms with Crippen LogP contribution < -0.4 is 5.32 Å². The summed E-state index contributed by atoms with van der Waals surface area (Å²) in [6.45, 7) is 2.65. The van der Waals surface area contributed by atoms with Gasteiger partial charge in [0.15, 0.2) is 5.82 Å². The molecule has 1 saturated heterocycles. The van der Waals surface area contributed by atoms with Gasteiger partial charge in [-0.25, -0.2) is 13.6 Å². The Morgan fingerprint density at radius 3 is 2.74 bits per heavy atom. The number of carbonyl (C=O) groups excluding carboxylic acids is 2. The summed E-state index contributed by atoms with van der Waals surface area (Å²) in [4.78, 5) is 29.4. The summed E-state index contributed by atoms with van der Waals surface area (Å²) >= 11 is 0. The van der Waals surface area contributed by atoms with Gasteiger partial charge in [0.1, 0.15) is 23.7 Å². The van der Waals surface area contributed by atoms with Gasteiger partial charge in [-0.15, -0.1) is 0 Å². The molecule has 3 rings (SSSR count). The first-order valence-electron chi connectivity index (χ1n) is 6.70. The van der Waals surface area contributed by atoms with Gasteiger partial charge in [-0.1, -0.05) is 5.16 Å². The smallest absolute Gasteiger partial charge is 0.325 e. The number of nitrogens with one attached hydrogen (secondary N) is 1. The summed E-state index contributed by atoms with van der Waals surface area (Å²) in [5.41, 5.74) is -1.96. The number of benzene rings is 1. The molecule has 1 aliphatic heterocycles. The number of carbonyl (C=O) groups is 2. The molecular weight excluding hydrogens is 310 g/mol. The molecule has 0 saturated carbocycles. The average molecular weight is 322 g/mol. The maximum absolute atomic E-state index is 14.0. The summed E-state index contributed by atoms with van der Waals surface area (Å²) in [7, 11) is 0. The number of halogens is 2. The topological polar surface area (TPSA) is 88.3 Å². The van der Waals surface area contributed by atoms with E-state index in [1.165, 1.54) is 6.92 Å². The molecule has 1 aromatic heterocycles. The molecule has 3 amide bonds. The first-order valence-corrected chi connectivity index (χ1v) is 6.70. The minimum Gasteiger partial charge on any atom is -0.337 e. The highest BCUT2D eigenvalue weighted by molar-refractivity contribution is 6.07. The lowest BCUT2D eigenvalue weighted by atomic mass is 9.91. The molecule has 7 nitrogen and oxygen atoms in total. The Balaban J connectivity index is 1.95. The molecule has 0 bridgehead atoms. The van der Waals surface area contributed by atoms with Crippen molar-refractivity contribution in [3.05, 3.63) is 47.1 Å². The zero-order valence-electron chi connectivity index (χ0n) is 12.3. The molecule has 23 heavy (non-hydrogen) atoms. The summed E-state index contributed by atoms with van der Waals surface area (Å²) < 4.78 is 32.3. The van der Waals surface area contributed by atoms with Crippen molar-refractivity contribution in [3.63, 3.8) is 0 Å². The Kier molecular flexibility index (Phi) is 3.35. The van der Waals surface area contributed by atoms with Crippen molar-refractivity contribution >= 4 is 11.9 Å². The third-order valence-electron chi connectivity index (χ3n) is 3.61. The second kappa shape index (κ2) is 5.11. The fourth-order valence-electron chi connectivity index (χ4n) is 2.44. The lowest BCUT2D eigenvalue weighted by molar-refractivity contribution is -0.131. The fourth-order valence-corrected chi connectivity index (χ4v) is 2.44. The summed E-state index contributed by atoms with van der Waals surface area (Å²) in [5.74, 6) is -1.82. The molecule has 0 radical (unpaired) electrons. The number of hydrogen-bond donors (Lipinski definition) is 1. The Labute approximate surface area is 129 Å². The molecule has 1 fully saturated rings. The van der Waals surface area contributed by atoms with Crippen molar-refractivity contribution < 1.29 is 22.9 Å². The van der Waals surface area contributed by atoms with Crippen molar-refractivity contribution in [2.24, 2.45) is 0 Å². The van der Waals surface area contributed by atoms with Crippen molar-refractivity contribution in [1.82, 2.24) is 20.4 Å². The Hall–Kier alpha value is -2.84. The molecule has 1 N–H and O–H groups in total. The Bertz CT molecular complexity index is 807. The molecule has 2 heterocycles. The lowest BCUT2D eigenvalue weighted by Gasteiger charge is -2.22. The molecule has 0 spiro atoms. The van der Waals surface area contributed by atoms with E-state index in [4.69, 9.17) is 4.52 Å². The van der Waals surface area contributed by atoms with Crippen LogP contribution in [0.3, 0.4) is 0 Å². The van der Waals surface area contributed by atoms with Gasteiger partial charge in [0.05, 0.1) is 0 Å². The van der Waals surface area contributed by atoms with Gasteiger partial charge in [0.25, 0.3) is 5.91 Å². The number of imide groups is 1. The molecule has 1 atom stereocenters. The predicted molar refractivity (Wildman–Crippen MR) is 71.8 cm³/mol. The van der Waals surface area contributed by atoms with Crippen molar-refractivity contribution in [2.45, 2.75) is 25.9 Å².